The van der Waals surface area contributed by atoms with E-state index in [2.05, 4.69) is 10.3 Å². The van der Waals surface area contributed by atoms with Crippen molar-refractivity contribution in [1.29, 1.82) is 0 Å². The first-order chi connectivity index (χ1) is 9.43. The number of nitrogens with two attached hydrogens (primary N) is 1. The third-order valence-corrected chi connectivity index (χ3v) is 3.80. The summed E-state index contributed by atoms with van der Waals surface area (Å²) in [6, 6.07) is 7.51. The van der Waals surface area contributed by atoms with Gasteiger partial charge in [-0.15, -0.1) is 0 Å². The van der Waals surface area contributed by atoms with Crippen molar-refractivity contribution in [2.24, 2.45) is 5.73 Å². The lowest BCUT2D eigenvalue weighted by Crippen LogP contribution is -2.50. The molecule has 0 aliphatic heterocycles. The van der Waals surface area contributed by atoms with Crippen LogP contribution in [-0.2, 0) is 11.2 Å². The lowest BCUT2D eigenvalue weighted by atomic mass is 10.00. The fourth-order valence-electron chi connectivity index (χ4n) is 2.14. The SMILES string of the molecule is CCC(C)(C)NC(=O)[C@@H](N)Cc1c[nH]c2ccccc12. The number of aromatic amines is 1. The molecule has 0 aliphatic carbocycles. The summed E-state index contributed by atoms with van der Waals surface area (Å²) in [7, 11) is 0. The van der Waals surface area contributed by atoms with E-state index in [4.69, 9.17) is 5.73 Å². The van der Waals surface area contributed by atoms with Crippen molar-refractivity contribution in [3.63, 3.8) is 0 Å². The minimum Gasteiger partial charge on any atom is -0.361 e. The quantitative estimate of drug-likeness (QED) is 0.782. The fraction of sp³-hybridized carbons (Fsp3) is 0.438. The van der Waals surface area contributed by atoms with Gasteiger partial charge in [0, 0.05) is 22.6 Å². The maximum absolute atomic E-state index is 12.1. The molecule has 2 aromatic rings. The highest BCUT2D eigenvalue weighted by atomic mass is 16.2. The van der Waals surface area contributed by atoms with Crippen molar-refractivity contribution >= 4 is 16.8 Å². The van der Waals surface area contributed by atoms with Gasteiger partial charge in [-0.25, -0.2) is 0 Å². The Hall–Kier alpha value is -1.81. The highest BCUT2D eigenvalue weighted by molar-refractivity contribution is 5.86. The summed E-state index contributed by atoms with van der Waals surface area (Å²) in [5.41, 5.74) is 7.98. The van der Waals surface area contributed by atoms with E-state index in [-0.39, 0.29) is 11.4 Å². The molecule has 108 valence electrons. The molecule has 1 aromatic heterocycles. The van der Waals surface area contributed by atoms with Gasteiger partial charge >= 0.3 is 0 Å². The zero-order valence-electron chi connectivity index (χ0n) is 12.4. The van der Waals surface area contributed by atoms with Crippen molar-refractivity contribution in [3.05, 3.63) is 36.0 Å². The zero-order valence-corrected chi connectivity index (χ0v) is 12.4. The summed E-state index contributed by atoms with van der Waals surface area (Å²) < 4.78 is 0. The summed E-state index contributed by atoms with van der Waals surface area (Å²) >= 11 is 0. The molecule has 0 bridgehead atoms. The fourth-order valence-corrected chi connectivity index (χ4v) is 2.14. The molecule has 4 N–H and O–H groups in total. The Balaban J connectivity index is 2.08. The smallest absolute Gasteiger partial charge is 0.237 e. The predicted molar refractivity (Wildman–Crippen MR) is 82.5 cm³/mol. The van der Waals surface area contributed by atoms with Gasteiger partial charge in [0.1, 0.15) is 0 Å². The summed E-state index contributed by atoms with van der Waals surface area (Å²) in [5, 5.41) is 4.12. The van der Waals surface area contributed by atoms with Crippen LogP contribution in [0.1, 0.15) is 32.8 Å². The molecule has 0 saturated carbocycles. The van der Waals surface area contributed by atoms with Crippen molar-refractivity contribution in [2.75, 3.05) is 0 Å². The number of amides is 1. The van der Waals surface area contributed by atoms with Gasteiger partial charge in [0.25, 0.3) is 0 Å². The molecule has 0 saturated heterocycles. The molecule has 0 fully saturated rings. The van der Waals surface area contributed by atoms with E-state index in [9.17, 15) is 4.79 Å². The number of para-hydroxylation sites is 1. The molecule has 20 heavy (non-hydrogen) atoms. The van der Waals surface area contributed by atoms with Gasteiger partial charge in [0.15, 0.2) is 0 Å². The van der Waals surface area contributed by atoms with Crippen LogP contribution in [0.5, 0.6) is 0 Å². The summed E-state index contributed by atoms with van der Waals surface area (Å²) in [6.45, 7) is 6.05. The number of rotatable bonds is 5. The first-order valence-corrected chi connectivity index (χ1v) is 7.05. The van der Waals surface area contributed by atoms with Crippen LogP contribution in [0.3, 0.4) is 0 Å². The Morgan fingerprint density at radius 1 is 1.40 bits per heavy atom. The van der Waals surface area contributed by atoms with Gasteiger partial charge < -0.3 is 16.0 Å². The highest BCUT2D eigenvalue weighted by Gasteiger charge is 2.22. The molecule has 1 amide bonds. The van der Waals surface area contributed by atoms with Gasteiger partial charge in [-0.1, -0.05) is 25.1 Å². The maximum Gasteiger partial charge on any atom is 0.237 e. The van der Waals surface area contributed by atoms with Gasteiger partial charge in [0.05, 0.1) is 6.04 Å². The van der Waals surface area contributed by atoms with Gasteiger partial charge in [-0.2, -0.15) is 0 Å². The molecule has 1 atom stereocenters. The molecular formula is C16H23N3O. The maximum atomic E-state index is 12.1. The van der Waals surface area contributed by atoms with Crippen molar-refractivity contribution in [2.45, 2.75) is 45.2 Å². The highest BCUT2D eigenvalue weighted by Crippen LogP contribution is 2.19. The number of nitrogens with one attached hydrogen (secondary N) is 2. The molecule has 0 radical (unpaired) electrons. The number of H-pyrrole nitrogens is 1. The Morgan fingerprint density at radius 3 is 2.80 bits per heavy atom. The van der Waals surface area contributed by atoms with E-state index in [0.717, 1.165) is 22.9 Å². The predicted octanol–water partition coefficient (Wildman–Crippen LogP) is 2.34. The standard InChI is InChI=1S/C16H23N3O/c1-4-16(2,3)19-15(20)13(17)9-11-10-18-14-8-6-5-7-12(11)14/h5-8,10,13,18H,4,9,17H2,1-3H3,(H,19,20)/t13-/m0/s1. The lowest BCUT2D eigenvalue weighted by molar-refractivity contribution is -0.123. The van der Waals surface area contributed by atoms with E-state index >= 15 is 0 Å². The van der Waals surface area contributed by atoms with Crippen LogP contribution in [0.2, 0.25) is 0 Å². The molecule has 0 unspecified atom stereocenters. The Bertz CT molecular complexity index is 601. The molecule has 1 aromatic carbocycles. The van der Waals surface area contributed by atoms with E-state index in [1.54, 1.807) is 0 Å². The van der Waals surface area contributed by atoms with Crippen molar-refractivity contribution < 1.29 is 4.79 Å². The summed E-state index contributed by atoms with van der Waals surface area (Å²) in [5.74, 6) is -0.0952. The largest absolute Gasteiger partial charge is 0.361 e. The second-order valence-electron chi connectivity index (χ2n) is 5.90. The number of hydrogen-bond acceptors (Lipinski definition) is 2. The molecule has 0 spiro atoms. The second-order valence-corrected chi connectivity index (χ2v) is 5.90. The van der Waals surface area contributed by atoms with Crippen LogP contribution in [0.15, 0.2) is 30.5 Å². The van der Waals surface area contributed by atoms with Crippen LogP contribution in [0, 0.1) is 0 Å². The average molecular weight is 273 g/mol. The van der Waals surface area contributed by atoms with Crippen molar-refractivity contribution in [1.82, 2.24) is 10.3 Å². The van der Waals surface area contributed by atoms with E-state index in [1.165, 1.54) is 0 Å². The first-order valence-electron chi connectivity index (χ1n) is 7.05. The third kappa shape index (κ3) is 3.20. The molecule has 0 aliphatic rings. The number of aromatic nitrogens is 1. The Labute approximate surface area is 119 Å². The van der Waals surface area contributed by atoms with Crippen molar-refractivity contribution in [3.8, 4) is 0 Å². The van der Waals surface area contributed by atoms with Gasteiger partial charge in [0.2, 0.25) is 5.91 Å². The second kappa shape index (κ2) is 5.67. The molecule has 4 nitrogen and oxygen atoms in total. The molecule has 2 rings (SSSR count). The van der Waals surface area contributed by atoms with Gasteiger partial charge in [-0.05, 0) is 38.3 Å². The molecule has 1 heterocycles. The molecular weight excluding hydrogens is 250 g/mol. The Kier molecular flexibility index (Phi) is 4.14. The monoisotopic (exact) mass is 273 g/mol. The number of fused-ring (bicyclic) bond motifs is 1. The van der Waals surface area contributed by atoms with E-state index < -0.39 is 6.04 Å². The minimum absolute atomic E-state index is 0.0952. The van der Waals surface area contributed by atoms with Crippen LogP contribution < -0.4 is 11.1 Å². The average Bonchev–Trinajstić information content (AvgIpc) is 2.82. The third-order valence-electron chi connectivity index (χ3n) is 3.80. The molecule has 4 heteroatoms. The number of carbonyl (C=O) groups is 1. The van der Waals surface area contributed by atoms with Crippen LogP contribution in [0.25, 0.3) is 10.9 Å². The van der Waals surface area contributed by atoms with E-state index in [0.29, 0.717) is 6.42 Å². The van der Waals surface area contributed by atoms with Gasteiger partial charge in [-0.3, -0.25) is 4.79 Å². The van der Waals surface area contributed by atoms with Crippen LogP contribution in [0.4, 0.5) is 0 Å². The number of hydrogen-bond donors (Lipinski definition) is 3. The topological polar surface area (TPSA) is 70.9 Å². The van der Waals surface area contributed by atoms with E-state index in [1.807, 2.05) is 51.2 Å². The number of benzene rings is 1. The lowest BCUT2D eigenvalue weighted by Gasteiger charge is -2.26. The number of carbonyl (C=O) groups excluding carboxylic acids is 1. The Morgan fingerprint density at radius 2 is 2.10 bits per heavy atom. The normalized spacial score (nSPS) is 13.4. The zero-order chi connectivity index (χ0) is 14.8. The van der Waals surface area contributed by atoms with Crippen LogP contribution in [-0.4, -0.2) is 22.5 Å². The van der Waals surface area contributed by atoms with Crippen LogP contribution >= 0.6 is 0 Å². The summed E-state index contributed by atoms with van der Waals surface area (Å²) in [4.78, 5) is 15.3. The summed E-state index contributed by atoms with van der Waals surface area (Å²) in [6.07, 6.45) is 3.34. The first kappa shape index (κ1) is 14.6. The minimum atomic E-state index is -0.528.